The van der Waals surface area contributed by atoms with Crippen molar-refractivity contribution in [2.75, 3.05) is 0 Å². The average molecular weight is 735 g/mol. The number of imidazole rings is 1. The van der Waals surface area contributed by atoms with Crippen LogP contribution in [-0.2, 0) is 21.1 Å². The van der Waals surface area contributed by atoms with E-state index in [-0.39, 0.29) is 21.1 Å². The second-order valence-corrected chi connectivity index (χ2v) is 10.2. The fourth-order valence-corrected chi connectivity index (χ4v) is 6.13. The van der Waals surface area contributed by atoms with Gasteiger partial charge < -0.3 is 13.7 Å². The summed E-state index contributed by atoms with van der Waals surface area (Å²) in [6.45, 7) is 0. The molecule has 0 aliphatic rings. The Bertz CT molecular complexity index is 2440. The summed E-state index contributed by atoms with van der Waals surface area (Å²) in [6, 6.07) is 42.1. The maximum Gasteiger partial charge on any atom is 2.00 e. The summed E-state index contributed by atoms with van der Waals surface area (Å²) in [7, 11) is 0. The van der Waals surface area contributed by atoms with Gasteiger partial charge in [0.1, 0.15) is 0 Å². The Balaban J connectivity index is 0.00000278. The van der Waals surface area contributed by atoms with Crippen LogP contribution in [0.4, 0.5) is 0 Å². The molecular formula is C36H21N5OPt. The molecule has 0 N–H and O–H groups in total. The van der Waals surface area contributed by atoms with Crippen LogP contribution in [0.15, 0.2) is 128 Å². The van der Waals surface area contributed by atoms with E-state index >= 15 is 0 Å². The van der Waals surface area contributed by atoms with Crippen LogP contribution < -0.4 is 4.74 Å². The molecule has 0 fully saturated rings. The summed E-state index contributed by atoms with van der Waals surface area (Å²) in [5.41, 5.74) is 6.22. The van der Waals surface area contributed by atoms with E-state index in [1.165, 1.54) is 16.3 Å². The molecule has 7 heteroatoms. The van der Waals surface area contributed by atoms with Crippen LogP contribution in [-0.4, -0.2) is 23.7 Å². The first-order valence-electron chi connectivity index (χ1n) is 13.8. The molecule has 0 bridgehead atoms. The summed E-state index contributed by atoms with van der Waals surface area (Å²) < 4.78 is 12.5. The van der Waals surface area contributed by atoms with Crippen molar-refractivity contribution in [3.05, 3.63) is 140 Å². The standard InChI is InChI=1S/C36H21N5O.Pt/c1-2-8-24(9-3-1)41-32-13-5-4-12-30(32)34-33(41)17-16-29-28-15-14-27(23-31(28)36-37-19-21-39(36)35(29)34)42-26-11-6-10-25(22-26)40-20-7-18-38-40;/h1-21H;/q-2;+2. The molecule has 9 aromatic rings. The Hall–Kier alpha value is -5.19. The molecular weight excluding hydrogens is 714 g/mol. The molecule has 0 aliphatic carbocycles. The summed E-state index contributed by atoms with van der Waals surface area (Å²) >= 11 is 0. The van der Waals surface area contributed by atoms with Crippen LogP contribution in [0, 0.1) is 12.1 Å². The number of pyridine rings is 1. The second-order valence-electron chi connectivity index (χ2n) is 10.2. The van der Waals surface area contributed by atoms with Gasteiger partial charge in [0.05, 0.1) is 16.7 Å². The fraction of sp³-hybridized carbons (Fsp3) is 0. The van der Waals surface area contributed by atoms with Crippen molar-refractivity contribution in [2.24, 2.45) is 0 Å². The van der Waals surface area contributed by atoms with Gasteiger partial charge in [-0.2, -0.15) is 11.2 Å². The van der Waals surface area contributed by atoms with Crippen LogP contribution in [0.3, 0.4) is 0 Å². The van der Waals surface area contributed by atoms with Crippen molar-refractivity contribution in [3.63, 3.8) is 0 Å². The quantitative estimate of drug-likeness (QED) is 0.135. The topological polar surface area (TPSA) is 49.3 Å². The number of benzene rings is 5. The van der Waals surface area contributed by atoms with Gasteiger partial charge in [-0.15, -0.1) is 30.3 Å². The number of nitrogens with zero attached hydrogens (tertiary/aromatic N) is 5. The Morgan fingerprint density at radius 2 is 1.47 bits per heavy atom. The Morgan fingerprint density at radius 1 is 0.628 bits per heavy atom. The minimum absolute atomic E-state index is 0. The second kappa shape index (κ2) is 9.97. The van der Waals surface area contributed by atoms with E-state index in [9.17, 15) is 0 Å². The third kappa shape index (κ3) is 3.91. The van der Waals surface area contributed by atoms with Crippen LogP contribution in [0.2, 0.25) is 0 Å². The summed E-state index contributed by atoms with van der Waals surface area (Å²) in [5.74, 6) is 1.19. The zero-order chi connectivity index (χ0) is 27.6. The molecule has 4 aromatic heterocycles. The molecule has 206 valence electrons. The van der Waals surface area contributed by atoms with Gasteiger partial charge in [-0.1, -0.05) is 59.3 Å². The molecule has 0 saturated heterocycles. The number of ether oxygens (including phenoxy) is 1. The van der Waals surface area contributed by atoms with Crippen LogP contribution in [0.1, 0.15) is 0 Å². The molecule has 0 atom stereocenters. The smallest absolute Gasteiger partial charge is 0.503 e. The molecule has 0 saturated carbocycles. The monoisotopic (exact) mass is 734 g/mol. The predicted octanol–water partition coefficient (Wildman–Crippen LogP) is 8.31. The van der Waals surface area contributed by atoms with E-state index in [4.69, 9.17) is 9.72 Å². The summed E-state index contributed by atoms with van der Waals surface area (Å²) in [4.78, 5) is 4.79. The van der Waals surface area contributed by atoms with E-state index in [1.54, 1.807) is 10.9 Å². The maximum absolute atomic E-state index is 6.25. The normalized spacial score (nSPS) is 11.5. The van der Waals surface area contributed by atoms with Crippen LogP contribution in [0.25, 0.3) is 60.5 Å². The fourth-order valence-electron chi connectivity index (χ4n) is 6.13. The number of aromatic nitrogens is 5. The Labute approximate surface area is 260 Å². The zero-order valence-corrected chi connectivity index (χ0v) is 24.9. The van der Waals surface area contributed by atoms with Gasteiger partial charge >= 0.3 is 21.1 Å². The largest absolute Gasteiger partial charge is 2.00 e. The van der Waals surface area contributed by atoms with Gasteiger partial charge in [0.25, 0.3) is 0 Å². The van der Waals surface area contributed by atoms with E-state index in [2.05, 4.69) is 99.0 Å². The van der Waals surface area contributed by atoms with Crippen LogP contribution in [0.5, 0.6) is 11.5 Å². The van der Waals surface area contributed by atoms with E-state index in [1.807, 2.05) is 48.9 Å². The van der Waals surface area contributed by atoms with Crippen molar-refractivity contribution in [1.82, 2.24) is 23.7 Å². The van der Waals surface area contributed by atoms with Gasteiger partial charge in [0.2, 0.25) is 0 Å². The summed E-state index contributed by atoms with van der Waals surface area (Å²) in [6.07, 6.45) is 7.51. The minimum Gasteiger partial charge on any atom is -0.503 e. The number of hydrogen-bond donors (Lipinski definition) is 0. The van der Waals surface area contributed by atoms with Crippen molar-refractivity contribution < 1.29 is 25.8 Å². The minimum atomic E-state index is 0. The molecule has 9 rings (SSSR count). The zero-order valence-electron chi connectivity index (χ0n) is 22.6. The Kier molecular flexibility index (Phi) is 5.91. The third-order valence-corrected chi connectivity index (χ3v) is 7.86. The van der Waals surface area contributed by atoms with E-state index < -0.39 is 0 Å². The first-order chi connectivity index (χ1) is 20.8. The van der Waals surface area contributed by atoms with Crippen molar-refractivity contribution in [1.29, 1.82) is 0 Å². The molecule has 0 radical (unpaired) electrons. The van der Waals surface area contributed by atoms with Gasteiger partial charge in [-0.25, -0.2) is 0 Å². The SMILES string of the molecule is [Pt+2].[c-]1c(Oc2[c-]c3c(cc2)c2ccc4c(c5ccccc5n4-c4ccccc4)c2n2ccnc32)cccc1-n1cccn1. The van der Waals surface area contributed by atoms with Crippen molar-refractivity contribution in [2.45, 2.75) is 0 Å². The van der Waals surface area contributed by atoms with E-state index in [0.717, 1.165) is 44.2 Å². The van der Waals surface area contributed by atoms with Crippen LogP contribution >= 0.6 is 0 Å². The molecule has 0 amide bonds. The average Bonchev–Trinajstić information content (AvgIpc) is 3.81. The molecule has 43 heavy (non-hydrogen) atoms. The van der Waals surface area contributed by atoms with Gasteiger partial charge in [-0.3, -0.25) is 9.67 Å². The number of fused-ring (bicyclic) bond motifs is 10. The molecule has 0 spiro atoms. The van der Waals surface area contributed by atoms with Gasteiger partial charge in [0, 0.05) is 58.3 Å². The molecule has 4 heterocycles. The molecule has 5 aromatic carbocycles. The number of para-hydroxylation sites is 2. The maximum atomic E-state index is 6.25. The number of rotatable bonds is 4. The van der Waals surface area contributed by atoms with Gasteiger partial charge in [0.15, 0.2) is 0 Å². The number of hydrogen-bond acceptors (Lipinski definition) is 3. The molecule has 0 aliphatic heterocycles. The first-order valence-corrected chi connectivity index (χ1v) is 13.8. The summed E-state index contributed by atoms with van der Waals surface area (Å²) in [5, 5.41) is 9.81. The van der Waals surface area contributed by atoms with Gasteiger partial charge in [-0.05, 0) is 41.4 Å². The third-order valence-electron chi connectivity index (χ3n) is 7.86. The first kappa shape index (κ1) is 25.5. The van der Waals surface area contributed by atoms with E-state index in [0.29, 0.717) is 11.5 Å². The molecule has 0 unspecified atom stereocenters. The van der Waals surface area contributed by atoms with Crippen molar-refractivity contribution in [3.8, 4) is 22.9 Å². The molecule has 6 nitrogen and oxygen atoms in total. The van der Waals surface area contributed by atoms with Crippen molar-refractivity contribution >= 4 is 49.1 Å². The predicted molar refractivity (Wildman–Crippen MR) is 166 cm³/mol. The Morgan fingerprint density at radius 3 is 2.35 bits per heavy atom.